The maximum Gasteiger partial charge on any atom is 0.192 e. The van der Waals surface area contributed by atoms with Crippen LogP contribution in [0, 0.1) is 18.3 Å². The van der Waals surface area contributed by atoms with E-state index in [9.17, 15) is 10.1 Å². The molecule has 0 N–H and O–H groups in total. The normalized spacial score (nSPS) is 11.7. The zero-order valence-corrected chi connectivity index (χ0v) is 18.3. The lowest BCUT2D eigenvalue weighted by Crippen LogP contribution is -2.14. The number of hydrogen-bond donors (Lipinski definition) is 0. The highest BCUT2D eigenvalue weighted by molar-refractivity contribution is 7.99. The van der Waals surface area contributed by atoms with Gasteiger partial charge in [0.25, 0.3) is 0 Å². The molecule has 3 heterocycles. The van der Waals surface area contributed by atoms with Crippen LogP contribution in [0.1, 0.15) is 22.2 Å². The van der Waals surface area contributed by atoms with Crippen molar-refractivity contribution in [3.8, 4) is 17.5 Å². The number of aryl methyl sites for hydroxylation is 1. The second-order valence-electron chi connectivity index (χ2n) is 6.76. The van der Waals surface area contributed by atoms with E-state index >= 15 is 0 Å². The van der Waals surface area contributed by atoms with Crippen LogP contribution in [0.2, 0.25) is 0 Å². The molecule has 0 aliphatic rings. The van der Waals surface area contributed by atoms with Crippen LogP contribution in [0.15, 0.2) is 65.4 Å². The average Bonchev–Trinajstić information content (AvgIpc) is 3.40. The van der Waals surface area contributed by atoms with Crippen molar-refractivity contribution in [3.05, 3.63) is 76.5 Å². The van der Waals surface area contributed by atoms with Gasteiger partial charge in [-0.05, 0) is 24.6 Å². The number of nitrogens with zero attached hydrogens (tertiary/aromatic N) is 6. The molecule has 0 radical (unpaired) electrons. The molecule has 1 atom stereocenters. The van der Waals surface area contributed by atoms with Gasteiger partial charge < -0.3 is 0 Å². The van der Waals surface area contributed by atoms with Crippen LogP contribution in [0.5, 0.6) is 0 Å². The third kappa shape index (κ3) is 4.87. The number of carbonyl (C=O) groups is 1. The van der Waals surface area contributed by atoms with Crippen molar-refractivity contribution >= 4 is 28.9 Å². The van der Waals surface area contributed by atoms with Gasteiger partial charge in [0.1, 0.15) is 5.01 Å². The van der Waals surface area contributed by atoms with E-state index in [1.54, 1.807) is 12.4 Å². The van der Waals surface area contributed by atoms with E-state index in [4.69, 9.17) is 0 Å². The lowest BCUT2D eigenvalue weighted by Gasteiger charge is -2.11. The Morgan fingerprint density at radius 1 is 1.19 bits per heavy atom. The molecule has 0 aliphatic heterocycles. The molecule has 0 fully saturated rings. The Kier molecular flexibility index (Phi) is 6.50. The lowest BCUT2D eigenvalue weighted by atomic mass is 10.1. The van der Waals surface area contributed by atoms with Crippen LogP contribution in [-0.2, 0) is 11.3 Å². The van der Waals surface area contributed by atoms with Crippen molar-refractivity contribution in [2.24, 2.45) is 0 Å². The Hall–Kier alpha value is -3.35. The number of Topliss-reactive ketones (excluding diaryl/α,β-unsaturated/α-hetero) is 1. The Morgan fingerprint density at radius 3 is 2.65 bits per heavy atom. The van der Waals surface area contributed by atoms with Crippen molar-refractivity contribution in [1.82, 2.24) is 24.7 Å². The first-order valence-corrected chi connectivity index (χ1v) is 11.4. The predicted octanol–water partition coefficient (Wildman–Crippen LogP) is 4.12. The number of thioether (sulfide) groups is 1. The molecule has 9 heteroatoms. The first-order valence-electron chi connectivity index (χ1n) is 9.50. The molecule has 0 saturated heterocycles. The number of ketones is 1. The summed E-state index contributed by atoms with van der Waals surface area (Å²) in [7, 11) is 0. The predicted molar refractivity (Wildman–Crippen MR) is 120 cm³/mol. The molecule has 0 bridgehead atoms. The minimum atomic E-state index is -0.864. The fourth-order valence-corrected chi connectivity index (χ4v) is 4.71. The molecular formula is C22H18N6OS2. The summed E-state index contributed by atoms with van der Waals surface area (Å²) >= 11 is 2.62. The fraction of sp³-hybridized carbons (Fsp3) is 0.182. The van der Waals surface area contributed by atoms with Gasteiger partial charge in [-0.15, -0.1) is 21.5 Å². The number of hydrogen-bond acceptors (Lipinski definition) is 8. The van der Waals surface area contributed by atoms with Crippen molar-refractivity contribution in [1.29, 1.82) is 5.26 Å². The molecule has 7 nitrogen and oxygen atoms in total. The van der Waals surface area contributed by atoms with Gasteiger partial charge in [0.05, 0.1) is 18.4 Å². The third-order valence-electron chi connectivity index (χ3n) is 4.52. The van der Waals surface area contributed by atoms with Gasteiger partial charge in [0.15, 0.2) is 22.7 Å². The van der Waals surface area contributed by atoms with Crippen LogP contribution in [-0.4, -0.2) is 36.3 Å². The largest absolute Gasteiger partial charge is 0.298 e. The van der Waals surface area contributed by atoms with Gasteiger partial charge in [-0.3, -0.25) is 14.3 Å². The van der Waals surface area contributed by atoms with Gasteiger partial charge in [0.2, 0.25) is 0 Å². The summed E-state index contributed by atoms with van der Waals surface area (Å²) in [5.41, 5.74) is 2.80. The Labute approximate surface area is 187 Å². The Bertz CT molecular complexity index is 1210. The first kappa shape index (κ1) is 20.9. The molecule has 4 rings (SSSR count). The van der Waals surface area contributed by atoms with Crippen molar-refractivity contribution < 1.29 is 4.79 Å². The molecule has 154 valence electrons. The number of aromatic nitrogens is 5. The SMILES string of the molecule is Cc1csc([C@@H](C#N)C(=O)CSc2nnc(-c3ccncc3)n2Cc2ccccc2)n1. The summed E-state index contributed by atoms with van der Waals surface area (Å²) in [5.74, 6) is -0.244. The van der Waals surface area contributed by atoms with E-state index < -0.39 is 5.92 Å². The molecule has 31 heavy (non-hydrogen) atoms. The molecule has 3 aromatic heterocycles. The monoisotopic (exact) mass is 446 g/mol. The summed E-state index contributed by atoms with van der Waals surface area (Å²) in [4.78, 5) is 21.1. The summed E-state index contributed by atoms with van der Waals surface area (Å²) < 4.78 is 1.98. The van der Waals surface area contributed by atoms with Crippen LogP contribution >= 0.6 is 23.1 Å². The average molecular weight is 447 g/mol. The van der Waals surface area contributed by atoms with E-state index in [0.29, 0.717) is 22.5 Å². The van der Waals surface area contributed by atoms with E-state index in [1.807, 2.05) is 59.3 Å². The maximum atomic E-state index is 12.8. The Balaban J connectivity index is 1.58. The molecule has 0 amide bonds. The van der Waals surface area contributed by atoms with Crippen molar-refractivity contribution in [2.45, 2.75) is 24.5 Å². The summed E-state index contributed by atoms with van der Waals surface area (Å²) in [6.07, 6.45) is 3.42. The van der Waals surface area contributed by atoms with Crippen molar-refractivity contribution in [2.75, 3.05) is 5.75 Å². The number of thiazole rings is 1. The third-order valence-corrected chi connectivity index (χ3v) is 6.53. The Morgan fingerprint density at radius 2 is 1.97 bits per heavy atom. The van der Waals surface area contributed by atoms with Gasteiger partial charge in [-0.25, -0.2) is 4.98 Å². The number of nitriles is 1. The van der Waals surface area contributed by atoms with Crippen LogP contribution in [0.3, 0.4) is 0 Å². The quantitative estimate of drug-likeness (QED) is 0.376. The van der Waals surface area contributed by atoms with Crippen LogP contribution in [0.4, 0.5) is 0 Å². The minimum absolute atomic E-state index is 0.111. The highest BCUT2D eigenvalue weighted by Gasteiger charge is 2.24. The number of rotatable bonds is 8. The molecular weight excluding hydrogens is 428 g/mol. The standard InChI is InChI=1S/C22H18N6OS2/c1-15-13-30-21(25-15)18(11-23)19(29)14-31-22-27-26-20(17-7-9-24-10-8-17)28(22)12-16-5-3-2-4-6-16/h2-10,13,18H,12,14H2,1H3/t18-/m0/s1. The number of benzene rings is 1. The molecule has 0 aliphatic carbocycles. The van der Waals surface area contributed by atoms with E-state index in [-0.39, 0.29) is 11.5 Å². The zero-order chi connectivity index (χ0) is 21.6. The van der Waals surface area contributed by atoms with Gasteiger partial charge in [0, 0.05) is 29.0 Å². The second-order valence-corrected chi connectivity index (χ2v) is 8.59. The number of pyridine rings is 1. The summed E-state index contributed by atoms with van der Waals surface area (Å²) in [6, 6.07) is 15.8. The van der Waals surface area contributed by atoms with Crippen molar-refractivity contribution in [3.63, 3.8) is 0 Å². The van der Waals surface area contributed by atoms with Crippen LogP contribution in [0.25, 0.3) is 11.4 Å². The number of carbonyl (C=O) groups excluding carboxylic acids is 1. The topological polar surface area (TPSA) is 97.4 Å². The van der Waals surface area contributed by atoms with Gasteiger partial charge in [-0.2, -0.15) is 5.26 Å². The van der Waals surface area contributed by atoms with Gasteiger partial charge >= 0.3 is 0 Å². The molecule has 1 aromatic carbocycles. The molecule has 0 spiro atoms. The van der Waals surface area contributed by atoms with E-state index in [2.05, 4.69) is 26.2 Å². The first-order chi connectivity index (χ1) is 15.2. The van der Waals surface area contributed by atoms with Crippen LogP contribution < -0.4 is 0 Å². The summed E-state index contributed by atoms with van der Waals surface area (Å²) in [5, 5.41) is 21.2. The second kappa shape index (κ2) is 9.64. The maximum absolute atomic E-state index is 12.8. The highest BCUT2D eigenvalue weighted by atomic mass is 32.2. The minimum Gasteiger partial charge on any atom is -0.298 e. The highest BCUT2D eigenvalue weighted by Crippen LogP contribution is 2.27. The lowest BCUT2D eigenvalue weighted by molar-refractivity contribution is -0.116. The molecule has 0 unspecified atom stereocenters. The summed E-state index contributed by atoms with van der Waals surface area (Å²) in [6.45, 7) is 2.41. The molecule has 0 saturated carbocycles. The van der Waals surface area contributed by atoms with E-state index in [1.165, 1.54) is 23.1 Å². The van der Waals surface area contributed by atoms with Gasteiger partial charge in [-0.1, -0.05) is 42.1 Å². The fourth-order valence-electron chi connectivity index (χ4n) is 3.01. The molecule has 4 aromatic rings. The van der Waals surface area contributed by atoms with E-state index in [0.717, 1.165) is 16.8 Å². The smallest absolute Gasteiger partial charge is 0.192 e. The zero-order valence-electron chi connectivity index (χ0n) is 16.7.